The predicted octanol–water partition coefficient (Wildman–Crippen LogP) is 8.03. The molecule has 7 rings (SSSR count). The lowest BCUT2D eigenvalue weighted by Crippen LogP contribution is -2.40. The molecule has 13 heteroatoms. The summed E-state index contributed by atoms with van der Waals surface area (Å²) in [6.45, 7) is 6.42. The zero-order chi connectivity index (χ0) is 34.9. The Kier molecular flexibility index (Phi) is 9.72. The van der Waals surface area contributed by atoms with Crippen molar-refractivity contribution in [2.45, 2.75) is 58.0 Å². The Morgan fingerprint density at radius 1 is 0.920 bits per heavy atom. The van der Waals surface area contributed by atoms with E-state index in [4.69, 9.17) is 32.9 Å². The van der Waals surface area contributed by atoms with Crippen LogP contribution in [0.5, 0.6) is 0 Å². The van der Waals surface area contributed by atoms with Crippen LogP contribution in [0.1, 0.15) is 73.5 Å². The van der Waals surface area contributed by atoms with Gasteiger partial charge in [0.15, 0.2) is 11.5 Å². The molecule has 0 unspecified atom stereocenters. The molecule has 1 atom stereocenters. The average molecular weight is 714 g/mol. The molecule has 11 nitrogen and oxygen atoms in total. The fourth-order valence-corrected chi connectivity index (χ4v) is 7.42. The molecule has 0 aliphatic carbocycles. The first kappa shape index (κ1) is 33.9. The fraction of sp³-hybridized carbons (Fsp3) is 0.351. The van der Waals surface area contributed by atoms with E-state index >= 15 is 0 Å². The van der Waals surface area contributed by atoms with Crippen LogP contribution in [0.3, 0.4) is 0 Å². The van der Waals surface area contributed by atoms with E-state index in [2.05, 4.69) is 30.6 Å². The summed E-state index contributed by atoms with van der Waals surface area (Å²) in [5.41, 5.74) is 5.13. The molecule has 258 valence electrons. The number of hydrogen-bond donors (Lipinski definition) is 2. The van der Waals surface area contributed by atoms with Crippen molar-refractivity contribution < 1.29 is 14.3 Å². The Balaban J connectivity index is 1.11. The van der Waals surface area contributed by atoms with Crippen molar-refractivity contribution in [1.29, 1.82) is 0 Å². The number of amides is 1. The molecular formula is C37H38Cl2N8O3. The second-order valence-electron chi connectivity index (χ2n) is 13.0. The third kappa shape index (κ3) is 6.65. The number of pyridine rings is 1. The first-order valence-corrected chi connectivity index (χ1v) is 17.7. The number of benzene rings is 2. The van der Waals surface area contributed by atoms with E-state index in [1.165, 1.54) is 7.11 Å². The van der Waals surface area contributed by atoms with Gasteiger partial charge in [-0.05, 0) is 69.1 Å². The van der Waals surface area contributed by atoms with Gasteiger partial charge in [0.1, 0.15) is 11.3 Å². The zero-order valence-corrected chi connectivity index (χ0v) is 29.6. The molecule has 0 bridgehead atoms. The molecule has 0 radical (unpaired) electrons. The van der Waals surface area contributed by atoms with E-state index in [-0.39, 0.29) is 29.8 Å². The summed E-state index contributed by atoms with van der Waals surface area (Å²) in [4.78, 5) is 42.0. The maximum atomic E-state index is 13.6. The van der Waals surface area contributed by atoms with Crippen LogP contribution in [-0.2, 0) is 16.1 Å². The van der Waals surface area contributed by atoms with Gasteiger partial charge < -0.3 is 15.4 Å². The summed E-state index contributed by atoms with van der Waals surface area (Å²) in [5, 5.41) is 11.8. The first-order chi connectivity index (χ1) is 24.2. The molecule has 0 saturated carbocycles. The van der Waals surface area contributed by atoms with Crippen molar-refractivity contribution in [3.05, 3.63) is 88.1 Å². The van der Waals surface area contributed by atoms with Crippen LogP contribution < -0.4 is 10.6 Å². The highest BCUT2D eigenvalue weighted by atomic mass is 35.5. The summed E-state index contributed by atoms with van der Waals surface area (Å²) in [7, 11) is 1.44. The Morgan fingerprint density at radius 2 is 1.64 bits per heavy atom. The highest BCUT2D eigenvalue weighted by Gasteiger charge is 2.33. The number of aromatic nitrogens is 5. The van der Waals surface area contributed by atoms with Gasteiger partial charge in [-0.2, -0.15) is 5.10 Å². The lowest BCUT2D eigenvalue weighted by Gasteiger charge is -2.38. The van der Waals surface area contributed by atoms with Gasteiger partial charge in [-0.3, -0.25) is 24.2 Å². The van der Waals surface area contributed by atoms with Gasteiger partial charge >= 0.3 is 5.97 Å². The highest BCUT2D eigenvalue weighted by molar-refractivity contribution is 6.39. The third-order valence-electron chi connectivity index (χ3n) is 9.51. The normalized spacial score (nSPS) is 16.7. The van der Waals surface area contributed by atoms with E-state index in [0.29, 0.717) is 55.4 Å². The number of carbonyl (C=O) groups is 2. The summed E-state index contributed by atoms with van der Waals surface area (Å²) >= 11 is 14.0. The Morgan fingerprint density at radius 3 is 2.36 bits per heavy atom. The lowest BCUT2D eigenvalue weighted by molar-refractivity contribution is -0.147. The Bertz CT molecular complexity index is 2080. The number of hydrogen-bond acceptors (Lipinski definition) is 9. The Hall–Kier alpha value is -4.58. The minimum absolute atomic E-state index is 0.0609. The SMILES string of the molecule is COC(=O)C1CCN([C@@H]2CCCn3nc(C(=O)Nc4cccc(-c5cccc(Nc6nc(C(C)C)nc7cccnc67)c5Cl)c4Cl)cc32)CC1. The van der Waals surface area contributed by atoms with E-state index in [9.17, 15) is 9.59 Å². The number of piperidine rings is 1. The van der Waals surface area contributed by atoms with Gasteiger partial charge in [-0.25, -0.2) is 9.97 Å². The predicted molar refractivity (Wildman–Crippen MR) is 195 cm³/mol. The highest BCUT2D eigenvalue weighted by Crippen LogP contribution is 2.41. The van der Waals surface area contributed by atoms with Crippen molar-refractivity contribution >= 4 is 63.3 Å². The van der Waals surface area contributed by atoms with Crippen LogP contribution in [0.15, 0.2) is 60.8 Å². The molecule has 5 heterocycles. The molecular weight excluding hydrogens is 675 g/mol. The minimum Gasteiger partial charge on any atom is -0.469 e. The zero-order valence-electron chi connectivity index (χ0n) is 28.1. The first-order valence-electron chi connectivity index (χ1n) is 16.9. The molecule has 0 spiro atoms. The second kappa shape index (κ2) is 14.3. The summed E-state index contributed by atoms with van der Waals surface area (Å²) in [6, 6.07) is 16.9. The van der Waals surface area contributed by atoms with Crippen LogP contribution in [-0.4, -0.2) is 61.7 Å². The van der Waals surface area contributed by atoms with Crippen LogP contribution >= 0.6 is 23.2 Å². The van der Waals surface area contributed by atoms with Crippen molar-refractivity contribution in [2.24, 2.45) is 5.92 Å². The third-order valence-corrected chi connectivity index (χ3v) is 10.3. The minimum atomic E-state index is -0.347. The topological polar surface area (TPSA) is 127 Å². The number of methoxy groups -OCH3 is 1. The molecule has 1 fully saturated rings. The monoisotopic (exact) mass is 712 g/mol. The van der Waals surface area contributed by atoms with Gasteiger partial charge in [-0.15, -0.1) is 0 Å². The number of carbonyl (C=O) groups excluding carboxylic acids is 2. The number of aryl methyl sites for hydroxylation is 1. The quantitative estimate of drug-likeness (QED) is 0.154. The largest absolute Gasteiger partial charge is 0.469 e. The van der Waals surface area contributed by atoms with Gasteiger partial charge in [0.2, 0.25) is 0 Å². The number of likely N-dealkylation sites (tertiary alicyclic amines) is 1. The number of rotatable bonds is 8. The van der Waals surface area contributed by atoms with Crippen LogP contribution in [0.2, 0.25) is 10.0 Å². The van der Waals surface area contributed by atoms with E-state index in [1.54, 1.807) is 12.3 Å². The van der Waals surface area contributed by atoms with Crippen molar-refractivity contribution in [1.82, 2.24) is 29.6 Å². The van der Waals surface area contributed by atoms with Crippen molar-refractivity contribution in [2.75, 3.05) is 30.8 Å². The maximum Gasteiger partial charge on any atom is 0.308 e. The van der Waals surface area contributed by atoms with Crippen molar-refractivity contribution in [3.8, 4) is 11.1 Å². The molecule has 1 saturated heterocycles. The number of nitrogens with one attached hydrogen (secondary N) is 2. The molecule has 50 heavy (non-hydrogen) atoms. The molecule has 3 aromatic heterocycles. The summed E-state index contributed by atoms with van der Waals surface area (Å²) in [5.74, 6) is 0.821. The Labute approximate surface area is 300 Å². The molecule has 2 aliphatic rings. The molecule has 1 amide bonds. The summed E-state index contributed by atoms with van der Waals surface area (Å²) in [6.07, 6.45) is 5.16. The second-order valence-corrected chi connectivity index (χ2v) is 13.8. The number of fused-ring (bicyclic) bond motifs is 2. The molecule has 2 aliphatic heterocycles. The van der Waals surface area contributed by atoms with Crippen LogP contribution in [0.25, 0.3) is 22.2 Å². The molecule has 2 N–H and O–H groups in total. The number of anilines is 3. The van der Waals surface area contributed by atoms with E-state index in [1.807, 2.05) is 67.1 Å². The maximum absolute atomic E-state index is 13.6. The molecule has 2 aromatic carbocycles. The smallest absolute Gasteiger partial charge is 0.308 e. The van der Waals surface area contributed by atoms with Gasteiger partial charge in [-0.1, -0.05) is 61.3 Å². The molecule has 5 aromatic rings. The van der Waals surface area contributed by atoms with Gasteiger partial charge in [0.05, 0.1) is 51.7 Å². The number of nitrogens with zero attached hydrogens (tertiary/aromatic N) is 6. The summed E-state index contributed by atoms with van der Waals surface area (Å²) < 4.78 is 6.90. The standard InChI is InChI=1S/C37H38Cl2N8O3/c1-21(2)34-42-27-12-6-16-40-33(27)35(44-34)41-25-10-4-8-23(31(25)38)24-9-5-11-26(32(24)39)43-36(48)28-20-30-29(13-7-17-47(30)45-28)46-18-14-22(15-19-46)37(49)50-3/h4-6,8-12,16,20-22,29H,7,13-15,17-19H2,1-3H3,(H,43,48)(H,41,42,44)/t29-/m1/s1. The van der Waals surface area contributed by atoms with Crippen LogP contribution in [0, 0.1) is 5.92 Å². The van der Waals surface area contributed by atoms with Crippen LogP contribution in [0.4, 0.5) is 17.2 Å². The average Bonchev–Trinajstić information content (AvgIpc) is 3.58. The fourth-order valence-electron chi connectivity index (χ4n) is 6.87. The van der Waals surface area contributed by atoms with E-state index < -0.39 is 0 Å². The van der Waals surface area contributed by atoms with Gasteiger partial charge in [0.25, 0.3) is 5.91 Å². The van der Waals surface area contributed by atoms with Gasteiger partial charge in [0, 0.05) is 29.8 Å². The van der Waals surface area contributed by atoms with E-state index in [0.717, 1.165) is 56.5 Å². The lowest BCUT2D eigenvalue weighted by atomic mass is 9.93. The number of esters is 1. The van der Waals surface area contributed by atoms with Crippen molar-refractivity contribution in [3.63, 3.8) is 0 Å². The number of halogens is 2. The number of ether oxygens (including phenoxy) is 1.